The van der Waals surface area contributed by atoms with Crippen LogP contribution in [0.2, 0.25) is 0 Å². The predicted octanol–water partition coefficient (Wildman–Crippen LogP) is 4.66. The van der Waals surface area contributed by atoms with Crippen molar-refractivity contribution < 1.29 is 4.79 Å². The van der Waals surface area contributed by atoms with Crippen LogP contribution in [0.15, 0.2) is 0 Å². The van der Waals surface area contributed by atoms with Gasteiger partial charge >= 0.3 is 0 Å². The lowest BCUT2D eigenvalue weighted by atomic mass is 9.79. The lowest BCUT2D eigenvalue weighted by Gasteiger charge is -2.28. The summed E-state index contributed by atoms with van der Waals surface area (Å²) in [5.41, 5.74) is 0. The minimum Gasteiger partial charge on any atom is -0.353 e. The summed E-state index contributed by atoms with van der Waals surface area (Å²) in [4.78, 5) is 12.2. The van der Waals surface area contributed by atoms with Gasteiger partial charge in [0.2, 0.25) is 5.91 Å². The zero-order chi connectivity index (χ0) is 14.1. The standard InChI is InChI=1S/C16H30BrNO/c1-3-4-7-14-8-10-15(11-9-14)16(19)18-13(2)6-5-12-17/h13-15H,3-12H2,1-2H3,(H,18,19). The molecule has 1 atom stereocenters. The molecule has 2 nitrogen and oxygen atoms in total. The van der Waals surface area contributed by atoms with Crippen molar-refractivity contribution >= 4 is 21.8 Å². The molecule has 0 aliphatic heterocycles. The maximum absolute atomic E-state index is 12.2. The summed E-state index contributed by atoms with van der Waals surface area (Å²) in [5, 5.41) is 4.21. The summed E-state index contributed by atoms with van der Waals surface area (Å²) < 4.78 is 0. The van der Waals surface area contributed by atoms with Gasteiger partial charge in [0.1, 0.15) is 0 Å². The molecule has 1 rings (SSSR count). The van der Waals surface area contributed by atoms with Gasteiger partial charge in [0.05, 0.1) is 0 Å². The molecule has 0 radical (unpaired) electrons. The molecule has 1 unspecified atom stereocenters. The first-order chi connectivity index (χ1) is 9.17. The van der Waals surface area contributed by atoms with Crippen molar-refractivity contribution in [1.82, 2.24) is 5.32 Å². The normalized spacial score (nSPS) is 25.0. The van der Waals surface area contributed by atoms with E-state index in [0.29, 0.717) is 11.9 Å². The number of carbonyl (C=O) groups excluding carboxylic acids is 1. The van der Waals surface area contributed by atoms with Gasteiger partial charge in [-0.05, 0) is 51.4 Å². The highest BCUT2D eigenvalue weighted by Gasteiger charge is 2.26. The Kier molecular flexibility index (Phi) is 8.76. The molecule has 0 bridgehead atoms. The van der Waals surface area contributed by atoms with E-state index < -0.39 is 0 Å². The summed E-state index contributed by atoms with van der Waals surface area (Å²) in [5.74, 6) is 1.47. The fraction of sp³-hybridized carbons (Fsp3) is 0.938. The molecule has 0 aromatic heterocycles. The SMILES string of the molecule is CCCCC1CCC(C(=O)NC(C)CCCBr)CC1. The number of amides is 1. The van der Waals surface area contributed by atoms with Crippen molar-refractivity contribution in [3.63, 3.8) is 0 Å². The summed E-state index contributed by atoms with van der Waals surface area (Å²) >= 11 is 3.44. The second-order valence-electron chi connectivity index (χ2n) is 6.10. The molecular weight excluding hydrogens is 302 g/mol. The van der Waals surface area contributed by atoms with E-state index in [4.69, 9.17) is 0 Å². The van der Waals surface area contributed by atoms with E-state index in [0.717, 1.165) is 36.9 Å². The van der Waals surface area contributed by atoms with Crippen LogP contribution in [0.3, 0.4) is 0 Å². The number of rotatable bonds is 8. The Balaban J connectivity index is 2.21. The number of unbranched alkanes of at least 4 members (excludes halogenated alkanes) is 1. The maximum Gasteiger partial charge on any atom is 0.223 e. The molecule has 0 heterocycles. The fourth-order valence-electron chi connectivity index (χ4n) is 3.02. The first kappa shape index (κ1) is 17.0. The van der Waals surface area contributed by atoms with Crippen molar-refractivity contribution in [3.05, 3.63) is 0 Å². The minimum atomic E-state index is 0.282. The number of hydrogen-bond donors (Lipinski definition) is 1. The van der Waals surface area contributed by atoms with E-state index in [1.807, 2.05) is 0 Å². The molecule has 1 amide bonds. The third-order valence-electron chi connectivity index (χ3n) is 4.34. The summed E-state index contributed by atoms with van der Waals surface area (Å²) in [6, 6.07) is 0.322. The van der Waals surface area contributed by atoms with E-state index in [9.17, 15) is 4.79 Å². The second-order valence-corrected chi connectivity index (χ2v) is 6.89. The van der Waals surface area contributed by atoms with Gasteiger partial charge in [-0.15, -0.1) is 0 Å². The van der Waals surface area contributed by atoms with Crippen molar-refractivity contribution in [2.45, 2.75) is 77.7 Å². The molecule has 3 heteroatoms. The van der Waals surface area contributed by atoms with Crippen molar-refractivity contribution in [3.8, 4) is 0 Å². The Labute approximate surface area is 127 Å². The van der Waals surface area contributed by atoms with Crippen LogP contribution in [0.4, 0.5) is 0 Å². The van der Waals surface area contributed by atoms with E-state index in [1.165, 1.54) is 32.1 Å². The van der Waals surface area contributed by atoms with Gasteiger partial charge in [-0.3, -0.25) is 4.79 Å². The highest BCUT2D eigenvalue weighted by atomic mass is 79.9. The Morgan fingerprint density at radius 3 is 2.53 bits per heavy atom. The lowest BCUT2D eigenvalue weighted by Crippen LogP contribution is -2.38. The smallest absolute Gasteiger partial charge is 0.223 e. The van der Waals surface area contributed by atoms with Gasteiger partial charge in [-0.1, -0.05) is 42.1 Å². The average molecular weight is 332 g/mol. The van der Waals surface area contributed by atoms with Crippen molar-refractivity contribution in [2.75, 3.05) is 5.33 Å². The van der Waals surface area contributed by atoms with Crippen LogP contribution in [0.5, 0.6) is 0 Å². The molecule has 1 aliphatic rings. The Bertz CT molecular complexity index is 249. The number of carbonyl (C=O) groups is 1. The fourth-order valence-corrected chi connectivity index (χ4v) is 3.35. The molecule has 0 aromatic carbocycles. The van der Waals surface area contributed by atoms with Gasteiger partial charge in [0, 0.05) is 17.3 Å². The summed E-state index contributed by atoms with van der Waals surface area (Å²) in [7, 11) is 0. The first-order valence-electron chi connectivity index (χ1n) is 8.03. The molecule has 112 valence electrons. The quantitative estimate of drug-likeness (QED) is 0.643. The van der Waals surface area contributed by atoms with Gasteiger partial charge in [-0.2, -0.15) is 0 Å². The lowest BCUT2D eigenvalue weighted by molar-refractivity contribution is -0.126. The zero-order valence-electron chi connectivity index (χ0n) is 12.6. The Hall–Kier alpha value is -0.0500. The van der Waals surface area contributed by atoms with E-state index in [2.05, 4.69) is 35.1 Å². The molecule has 1 N–H and O–H groups in total. The third-order valence-corrected chi connectivity index (χ3v) is 4.90. The average Bonchev–Trinajstić information content (AvgIpc) is 2.43. The number of nitrogens with one attached hydrogen (secondary N) is 1. The monoisotopic (exact) mass is 331 g/mol. The molecule has 1 fully saturated rings. The van der Waals surface area contributed by atoms with Gasteiger partial charge < -0.3 is 5.32 Å². The van der Waals surface area contributed by atoms with Crippen molar-refractivity contribution in [2.24, 2.45) is 11.8 Å². The van der Waals surface area contributed by atoms with Gasteiger partial charge in [0.25, 0.3) is 0 Å². The highest BCUT2D eigenvalue weighted by molar-refractivity contribution is 9.09. The molecule has 0 saturated heterocycles. The van der Waals surface area contributed by atoms with Crippen LogP contribution in [0, 0.1) is 11.8 Å². The highest BCUT2D eigenvalue weighted by Crippen LogP contribution is 2.32. The largest absolute Gasteiger partial charge is 0.353 e. The van der Waals surface area contributed by atoms with Crippen LogP contribution in [0.1, 0.15) is 71.6 Å². The van der Waals surface area contributed by atoms with Gasteiger partial charge in [-0.25, -0.2) is 0 Å². The Morgan fingerprint density at radius 1 is 1.26 bits per heavy atom. The number of alkyl halides is 1. The number of halogens is 1. The molecular formula is C16H30BrNO. The van der Waals surface area contributed by atoms with E-state index >= 15 is 0 Å². The predicted molar refractivity (Wildman–Crippen MR) is 85.6 cm³/mol. The molecule has 1 saturated carbocycles. The minimum absolute atomic E-state index is 0.282. The maximum atomic E-state index is 12.2. The molecule has 0 aromatic rings. The van der Waals surface area contributed by atoms with Crippen LogP contribution in [0.25, 0.3) is 0 Å². The van der Waals surface area contributed by atoms with Crippen LogP contribution >= 0.6 is 15.9 Å². The van der Waals surface area contributed by atoms with Crippen LogP contribution in [-0.2, 0) is 4.79 Å². The van der Waals surface area contributed by atoms with E-state index in [1.54, 1.807) is 0 Å². The molecule has 1 aliphatic carbocycles. The topological polar surface area (TPSA) is 29.1 Å². The van der Waals surface area contributed by atoms with E-state index in [-0.39, 0.29) is 5.92 Å². The number of hydrogen-bond acceptors (Lipinski definition) is 1. The van der Waals surface area contributed by atoms with Crippen LogP contribution in [-0.4, -0.2) is 17.3 Å². The zero-order valence-corrected chi connectivity index (χ0v) is 14.2. The van der Waals surface area contributed by atoms with Gasteiger partial charge in [0.15, 0.2) is 0 Å². The van der Waals surface area contributed by atoms with Crippen molar-refractivity contribution in [1.29, 1.82) is 0 Å². The summed E-state index contributed by atoms with van der Waals surface area (Å²) in [6.07, 6.45) is 10.9. The second kappa shape index (κ2) is 9.79. The third kappa shape index (κ3) is 6.78. The summed E-state index contributed by atoms with van der Waals surface area (Å²) in [6.45, 7) is 4.38. The molecule has 0 spiro atoms. The van der Waals surface area contributed by atoms with Crippen LogP contribution < -0.4 is 5.32 Å². The molecule has 19 heavy (non-hydrogen) atoms. The Morgan fingerprint density at radius 2 is 1.95 bits per heavy atom. The first-order valence-corrected chi connectivity index (χ1v) is 9.15.